The SMILES string of the molecule is COc1ccc(-n2c(SCC(=O)Nc3cccc(F)c3)nc3ccccc3c2=O)cc1OC. The Morgan fingerprint density at radius 2 is 1.82 bits per heavy atom. The molecule has 1 aromatic heterocycles. The van der Waals surface area contributed by atoms with Gasteiger partial charge in [-0.1, -0.05) is 30.0 Å². The molecule has 9 heteroatoms. The number of aromatic nitrogens is 2. The summed E-state index contributed by atoms with van der Waals surface area (Å²) in [6.45, 7) is 0. The quantitative estimate of drug-likeness (QED) is 0.324. The van der Waals surface area contributed by atoms with Crippen LogP contribution in [0.2, 0.25) is 0 Å². The maximum Gasteiger partial charge on any atom is 0.266 e. The fraction of sp³-hybridized carbons (Fsp3) is 0.125. The van der Waals surface area contributed by atoms with Crippen molar-refractivity contribution in [1.82, 2.24) is 9.55 Å². The van der Waals surface area contributed by atoms with E-state index in [4.69, 9.17) is 9.47 Å². The van der Waals surface area contributed by atoms with Gasteiger partial charge in [-0.2, -0.15) is 0 Å². The molecule has 0 bridgehead atoms. The molecule has 1 N–H and O–H groups in total. The van der Waals surface area contributed by atoms with Gasteiger partial charge in [0.05, 0.1) is 36.6 Å². The van der Waals surface area contributed by atoms with Gasteiger partial charge in [-0.05, 0) is 42.5 Å². The van der Waals surface area contributed by atoms with Gasteiger partial charge in [-0.25, -0.2) is 9.37 Å². The van der Waals surface area contributed by atoms with Crippen LogP contribution in [0.5, 0.6) is 11.5 Å². The number of benzene rings is 3. The molecule has 0 fully saturated rings. The molecule has 0 aliphatic heterocycles. The van der Waals surface area contributed by atoms with Gasteiger partial charge in [-0.15, -0.1) is 0 Å². The smallest absolute Gasteiger partial charge is 0.266 e. The van der Waals surface area contributed by atoms with E-state index in [1.165, 1.54) is 37.0 Å². The summed E-state index contributed by atoms with van der Waals surface area (Å²) in [5.74, 6) is 0.140. The average molecular weight is 466 g/mol. The fourth-order valence-corrected chi connectivity index (χ4v) is 4.11. The Hall–Kier alpha value is -3.85. The number of para-hydroxylation sites is 1. The molecule has 168 valence electrons. The molecule has 0 aliphatic rings. The Labute approximate surface area is 193 Å². The average Bonchev–Trinajstić information content (AvgIpc) is 2.82. The van der Waals surface area contributed by atoms with Crippen LogP contribution < -0.4 is 20.3 Å². The topological polar surface area (TPSA) is 82.5 Å². The number of carbonyl (C=O) groups excluding carboxylic acids is 1. The monoisotopic (exact) mass is 465 g/mol. The Morgan fingerprint density at radius 1 is 1.03 bits per heavy atom. The molecule has 0 aliphatic carbocycles. The number of nitrogens with zero attached hydrogens (tertiary/aromatic N) is 2. The zero-order valence-electron chi connectivity index (χ0n) is 17.9. The van der Waals surface area contributed by atoms with Gasteiger partial charge >= 0.3 is 0 Å². The lowest BCUT2D eigenvalue weighted by atomic mass is 10.2. The molecule has 0 unspecified atom stereocenters. The van der Waals surface area contributed by atoms with Crippen molar-refractivity contribution in [3.8, 4) is 17.2 Å². The minimum Gasteiger partial charge on any atom is -0.493 e. The van der Waals surface area contributed by atoms with Gasteiger partial charge < -0.3 is 14.8 Å². The number of carbonyl (C=O) groups is 1. The second-order valence-electron chi connectivity index (χ2n) is 6.94. The molecule has 0 atom stereocenters. The van der Waals surface area contributed by atoms with Gasteiger partial charge in [-0.3, -0.25) is 14.2 Å². The third kappa shape index (κ3) is 4.83. The summed E-state index contributed by atoms with van der Waals surface area (Å²) in [6.07, 6.45) is 0. The van der Waals surface area contributed by atoms with Gasteiger partial charge in [0.15, 0.2) is 16.7 Å². The van der Waals surface area contributed by atoms with E-state index in [2.05, 4.69) is 10.3 Å². The van der Waals surface area contributed by atoms with Crippen LogP contribution in [-0.2, 0) is 4.79 Å². The standard InChI is InChI=1S/C24H20FN3O4S/c1-31-20-11-10-17(13-21(20)32-2)28-23(30)18-8-3-4-9-19(18)27-24(28)33-14-22(29)26-16-7-5-6-15(25)12-16/h3-13H,14H2,1-2H3,(H,26,29). The van der Waals surface area contributed by atoms with E-state index in [9.17, 15) is 14.0 Å². The molecule has 1 amide bonds. The number of rotatable bonds is 7. The first-order chi connectivity index (χ1) is 16.0. The van der Waals surface area contributed by atoms with Crippen LogP contribution in [0.4, 0.5) is 10.1 Å². The van der Waals surface area contributed by atoms with Crippen LogP contribution in [-0.4, -0.2) is 35.4 Å². The van der Waals surface area contributed by atoms with E-state index in [-0.39, 0.29) is 17.2 Å². The molecule has 0 radical (unpaired) electrons. The number of amides is 1. The third-order valence-electron chi connectivity index (χ3n) is 4.81. The van der Waals surface area contributed by atoms with Gasteiger partial charge in [0.1, 0.15) is 5.82 Å². The van der Waals surface area contributed by atoms with E-state index in [1.807, 2.05) is 0 Å². The van der Waals surface area contributed by atoms with Crippen molar-refractivity contribution in [2.45, 2.75) is 5.16 Å². The van der Waals surface area contributed by atoms with Crippen molar-refractivity contribution in [2.24, 2.45) is 0 Å². The highest BCUT2D eigenvalue weighted by Crippen LogP contribution is 2.30. The first-order valence-corrected chi connectivity index (χ1v) is 10.9. The predicted octanol–water partition coefficient (Wildman–Crippen LogP) is 4.27. The number of hydrogen-bond acceptors (Lipinski definition) is 6. The molecule has 4 aromatic rings. The van der Waals surface area contributed by atoms with Crippen LogP contribution in [0.15, 0.2) is 76.7 Å². The number of ether oxygens (including phenoxy) is 2. The summed E-state index contributed by atoms with van der Waals surface area (Å²) in [5.41, 5.74) is 1.11. The summed E-state index contributed by atoms with van der Waals surface area (Å²) in [6, 6.07) is 17.7. The summed E-state index contributed by atoms with van der Waals surface area (Å²) >= 11 is 1.10. The maximum atomic E-state index is 13.4. The molecule has 1 heterocycles. The number of methoxy groups -OCH3 is 2. The van der Waals surface area contributed by atoms with Crippen LogP contribution in [0, 0.1) is 5.82 Å². The van der Waals surface area contributed by atoms with Crippen molar-refractivity contribution in [3.05, 3.63) is 82.9 Å². The molecule has 7 nitrogen and oxygen atoms in total. The zero-order chi connectivity index (χ0) is 23.4. The van der Waals surface area contributed by atoms with E-state index in [1.54, 1.807) is 48.5 Å². The van der Waals surface area contributed by atoms with Gasteiger partial charge in [0.2, 0.25) is 5.91 Å². The molecule has 33 heavy (non-hydrogen) atoms. The number of halogens is 1. The molecule has 4 rings (SSSR count). The van der Waals surface area contributed by atoms with Crippen LogP contribution in [0.3, 0.4) is 0 Å². The third-order valence-corrected chi connectivity index (χ3v) is 5.75. The first-order valence-electron chi connectivity index (χ1n) is 9.92. The van der Waals surface area contributed by atoms with Gasteiger partial charge in [0.25, 0.3) is 5.56 Å². The largest absolute Gasteiger partial charge is 0.493 e. The lowest BCUT2D eigenvalue weighted by Crippen LogP contribution is -2.23. The van der Waals surface area contributed by atoms with E-state index in [0.717, 1.165) is 11.8 Å². The fourth-order valence-electron chi connectivity index (χ4n) is 3.29. The first kappa shape index (κ1) is 22.3. The lowest BCUT2D eigenvalue weighted by molar-refractivity contribution is -0.113. The lowest BCUT2D eigenvalue weighted by Gasteiger charge is -2.15. The Morgan fingerprint density at radius 3 is 2.58 bits per heavy atom. The molecular weight excluding hydrogens is 445 g/mol. The second-order valence-corrected chi connectivity index (χ2v) is 7.88. The Kier molecular flexibility index (Phi) is 6.60. The predicted molar refractivity (Wildman–Crippen MR) is 126 cm³/mol. The summed E-state index contributed by atoms with van der Waals surface area (Å²) in [4.78, 5) is 30.5. The summed E-state index contributed by atoms with van der Waals surface area (Å²) in [7, 11) is 3.04. The van der Waals surface area contributed by atoms with Crippen LogP contribution >= 0.6 is 11.8 Å². The minimum atomic E-state index is -0.445. The number of nitrogens with one attached hydrogen (secondary N) is 1. The summed E-state index contributed by atoms with van der Waals surface area (Å²) in [5, 5.41) is 3.42. The summed E-state index contributed by atoms with van der Waals surface area (Å²) < 4.78 is 25.5. The highest BCUT2D eigenvalue weighted by Gasteiger charge is 2.16. The number of fused-ring (bicyclic) bond motifs is 1. The van der Waals surface area contributed by atoms with E-state index >= 15 is 0 Å². The zero-order valence-corrected chi connectivity index (χ0v) is 18.7. The number of hydrogen-bond donors (Lipinski definition) is 1. The van der Waals surface area contributed by atoms with Crippen molar-refractivity contribution in [2.75, 3.05) is 25.3 Å². The molecular formula is C24H20FN3O4S. The second kappa shape index (κ2) is 9.74. The van der Waals surface area contributed by atoms with Crippen LogP contribution in [0.1, 0.15) is 0 Å². The van der Waals surface area contributed by atoms with E-state index < -0.39 is 5.82 Å². The van der Waals surface area contributed by atoms with Crippen LogP contribution in [0.25, 0.3) is 16.6 Å². The van der Waals surface area contributed by atoms with Gasteiger partial charge in [0, 0.05) is 11.8 Å². The molecule has 3 aromatic carbocycles. The van der Waals surface area contributed by atoms with Crippen molar-refractivity contribution in [3.63, 3.8) is 0 Å². The number of anilines is 1. The Balaban J connectivity index is 1.71. The van der Waals surface area contributed by atoms with Crippen molar-refractivity contribution < 1.29 is 18.7 Å². The highest BCUT2D eigenvalue weighted by molar-refractivity contribution is 7.99. The Bertz CT molecular complexity index is 1390. The van der Waals surface area contributed by atoms with E-state index in [0.29, 0.717) is 38.9 Å². The highest BCUT2D eigenvalue weighted by atomic mass is 32.2. The molecule has 0 saturated carbocycles. The normalized spacial score (nSPS) is 10.8. The number of thioether (sulfide) groups is 1. The maximum absolute atomic E-state index is 13.4. The molecule has 0 saturated heterocycles. The molecule has 0 spiro atoms. The van der Waals surface area contributed by atoms with Crippen molar-refractivity contribution >= 4 is 34.3 Å². The minimum absolute atomic E-state index is 0.0332. The van der Waals surface area contributed by atoms with Crippen molar-refractivity contribution in [1.29, 1.82) is 0 Å².